The van der Waals surface area contributed by atoms with Crippen LogP contribution < -0.4 is 10.5 Å². The minimum absolute atomic E-state index is 0.0454. The van der Waals surface area contributed by atoms with Gasteiger partial charge in [-0.1, -0.05) is 84.0 Å². The predicted octanol–water partition coefficient (Wildman–Crippen LogP) is 10.9. The Balaban J connectivity index is 1.40. The first-order valence-electron chi connectivity index (χ1n) is 16.9. The smallest absolute Gasteiger partial charge is 0.266 e. The van der Waals surface area contributed by atoms with Crippen molar-refractivity contribution in [2.45, 2.75) is 72.8 Å². The number of rotatable bonds is 5. The van der Waals surface area contributed by atoms with Crippen LogP contribution in [-0.4, -0.2) is 14.1 Å². The second kappa shape index (κ2) is 11.5. The number of anilines is 3. The fraction of sp³-hybridized carbons (Fsp3) is 0.256. The lowest BCUT2D eigenvalue weighted by atomic mass is 9.86. The fourth-order valence-corrected chi connectivity index (χ4v) is 6.92. The molecule has 0 N–H and O–H groups in total. The van der Waals surface area contributed by atoms with Crippen LogP contribution in [0.2, 0.25) is 0 Å². The van der Waals surface area contributed by atoms with Crippen LogP contribution in [-0.2, 0) is 17.4 Å². The van der Waals surface area contributed by atoms with Gasteiger partial charge in [0, 0.05) is 45.4 Å². The molecule has 7 rings (SSSR count). The molecule has 0 aliphatic carbocycles. The molecule has 48 heavy (non-hydrogen) atoms. The molecule has 0 saturated carbocycles. The Morgan fingerprint density at radius 1 is 0.625 bits per heavy atom. The lowest BCUT2D eigenvalue weighted by Gasteiger charge is -2.28. The fourth-order valence-electron chi connectivity index (χ4n) is 6.92. The van der Waals surface area contributed by atoms with E-state index in [-0.39, 0.29) is 16.4 Å². The molecule has 242 valence electrons. The quantitative estimate of drug-likeness (QED) is 0.190. The second-order valence-corrected chi connectivity index (χ2v) is 14.9. The lowest BCUT2D eigenvalue weighted by molar-refractivity contribution is 0.590. The molecule has 0 aliphatic heterocycles. The SMILES string of the molecule is CCn1c2ccccc2c2cc(-n3c(C)nc4ccc(N(c5ccc(C(C)(C)C)cc5)c5ccc(C(C)(C)C)cc5)cc4c3=O)ccc21. The summed E-state index contributed by atoms with van der Waals surface area (Å²) in [5.41, 5.74) is 9.39. The highest BCUT2D eigenvalue weighted by molar-refractivity contribution is 6.08. The minimum Gasteiger partial charge on any atom is -0.341 e. The third kappa shape index (κ3) is 5.37. The van der Waals surface area contributed by atoms with Gasteiger partial charge in [0.2, 0.25) is 0 Å². The number of nitrogens with zero attached hydrogens (tertiary/aromatic N) is 4. The predicted molar refractivity (Wildman–Crippen MR) is 203 cm³/mol. The van der Waals surface area contributed by atoms with Crippen LogP contribution in [0.5, 0.6) is 0 Å². The molecule has 0 fully saturated rings. The summed E-state index contributed by atoms with van der Waals surface area (Å²) in [7, 11) is 0. The number of hydrogen-bond donors (Lipinski definition) is 0. The second-order valence-electron chi connectivity index (χ2n) is 14.9. The molecule has 0 unspecified atom stereocenters. The number of hydrogen-bond acceptors (Lipinski definition) is 3. The van der Waals surface area contributed by atoms with Crippen molar-refractivity contribution in [3.8, 4) is 5.69 Å². The minimum atomic E-state index is -0.0796. The summed E-state index contributed by atoms with van der Waals surface area (Å²) in [5.74, 6) is 0.659. The summed E-state index contributed by atoms with van der Waals surface area (Å²) in [6.07, 6.45) is 0. The van der Waals surface area contributed by atoms with E-state index in [1.165, 1.54) is 22.0 Å². The first kappa shape index (κ1) is 31.4. The Bertz CT molecular complexity index is 2310. The van der Waals surface area contributed by atoms with Crippen molar-refractivity contribution in [3.05, 3.63) is 136 Å². The van der Waals surface area contributed by atoms with E-state index in [1.807, 2.05) is 25.1 Å². The van der Waals surface area contributed by atoms with Crippen molar-refractivity contribution >= 4 is 49.8 Å². The zero-order valence-corrected chi connectivity index (χ0v) is 29.3. The summed E-state index contributed by atoms with van der Waals surface area (Å²) < 4.78 is 4.08. The van der Waals surface area contributed by atoms with Gasteiger partial charge >= 0.3 is 0 Å². The van der Waals surface area contributed by atoms with Crippen molar-refractivity contribution in [1.29, 1.82) is 0 Å². The van der Waals surface area contributed by atoms with Crippen molar-refractivity contribution in [2.24, 2.45) is 0 Å². The maximum atomic E-state index is 14.5. The zero-order chi connectivity index (χ0) is 34.0. The molecule has 0 atom stereocenters. The molecule has 0 spiro atoms. The monoisotopic (exact) mass is 632 g/mol. The van der Waals surface area contributed by atoms with E-state index in [0.717, 1.165) is 40.2 Å². The maximum Gasteiger partial charge on any atom is 0.266 e. The lowest BCUT2D eigenvalue weighted by Crippen LogP contribution is -2.22. The molecule has 0 amide bonds. The maximum absolute atomic E-state index is 14.5. The van der Waals surface area contributed by atoms with Crippen LogP contribution in [0.15, 0.2) is 114 Å². The molecule has 7 aromatic rings. The topological polar surface area (TPSA) is 43.1 Å². The van der Waals surface area contributed by atoms with Gasteiger partial charge in [0.15, 0.2) is 0 Å². The molecule has 2 heterocycles. The molecular formula is C43H44N4O. The normalized spacial score (nSPS) is 12.3. The third-order valence-corrected chi connectivity index (χ3v) is 9.59. The van der Waals surface area contributed by atoms with E-state index in [0.29, 0.717) is 16.7 Å². The number of benzene rings is 5. The number of aryl methyl sites for hydroxylation is 2. The molecule has 0 radical (unpaired) electrons. The zero-order valence-electron chi connectivity index (χ0n) is 29.3. The van der Waals surface area contributed by atoms with E-state index < -0.39 is 0 Å². The highest BCUT2D eigenvalue weighted by Gasteiger charge is 2.20. The average Bonchev–Trinajstić information content (AvgIpc) is 3.38. The number of aromatic nitrogens is 3. The van der Waals surface area contributed by atoms with Gasteiger partial charge in [-0.25, -0.2) is 4.98 Å². The average molecular weight is 633 g/mol. The Morgan fingerprint density at radius 2 is 1.19 bits per heavy atom. The molecule has 5 nitrogen and oxygen atoms in total. The third-order valence-electron chi connectivity index (χ3n) is 9.59. The summed E-state index contributed by atoms with van der Waals surface area (Å²) >= 11 is 0. The standard InChI is InChI=1S/C43H44N4O/c1-9-45-39-13-11-10-12-35(39)36-26-33(23-25-40(36)45)46-28(2)44-38-24-22-34(27-37(38)41(46)48)47(31-18-14-29(15-19-31)42(3,4)5)32-20-16-30(17-21-32)43(6,7)8/h10-27H,9H2,1-8H3. The van der Waals surface area contributed by atoms with Crippen molar-refractivity contribution in [2.75, 3.05) is 4.90 Å². The van der Waals surface area contributed by atoms with Crippen LogP contribution in [0.4, 0.5) is 17.1 Å². The van der Waals surface area contributed by atoms with E-state index >= 15 is 0 Å². The highest BCUT2D eigenvalue weighted by atomic mass is 16.1. The Morgan fingerprint density at radius 3 is 1.77 bits per heavy atom. The van der Waals surface area contributed by atoms with Crippen molar-refractivity contribution in [3.63, 3.8) is 0 Å². The number of para-hydroxylation sites is 1. The Hall–Kier alpha value is -5.16. The summed E-state index contributed by atoms with van der Waals surface area (Å²) in [4.78, 5) is 21.6. The van der Waals surface area contributed by atoms with E-state index in [4.69, 9.17) is 4.98 Å². The van der Waals surface area contributed by atoms with Gasteiger partial charge in [-0.3, -0.25) is 9.36 Å². The van der Waals surface area contributed by atoms with E-state index in [2.05, 4.69) is 149 Å². The summed E-state index contributed by atoms with van der Waals surface area (Å²) in [5, 5.41) is 2.90. The van der Waals surface area contributed by atoms with Gasteiger partial charge in [0.05, 0.1) is 16.6 Å². The summed E-state index contributed by atoms with van der Waals surface area (Å²) in [6.45, 7) is 18.3. The van der Waals surface area contributed by atoms with Crippen LogP contribution in [0.3, 0.4) is 0 Å². The Kier molecular flexibility index (Phi) is 7.54. The van der Waals surface area contributed by atoms with Crippen LogP contribution >= 0.6 is 0 Å². The largest absolute Gasteiger partial charge is 0.341 e. The molecule has 5 heteroatoms. The number of fused-ring (bicyclic) bond motifs is 4. The molecule has 0 saturated heterocycles. The van der Waals surface area contributed by atoms with Gasteiger partial charge in [-0.05, 0) is 103 Å². The first-order chi connectivity index (χ1) is 22.8. The molecular weight excluding hydrogens is 589 g/mol. The first-order valence-corrected chi connectivity index (χ1v) is 16.9. The van der Waals surface area contributed by atoms with Crippen LogP contribution in [0, 0.1) is 6.92 Å². The molecule has 5 aromatic carbocycles. The Labute approximate surface area is 283 Å². The van der Waals surface area contributed by atoms with Gasteiger partial charge in [0.1, 0.15) is 5.82 Å². The van der Waals surface area contributed by atoms with Crippen molar-refractivity contribution < 1.29 is 0 Å². The highest BCUT2D eigenvalue weighted by Crippen LogP contribution is 2.38. The van der Waals surface area contributed by atoms with E-state index in [9.17, 15) is 4.79 Å². The molecule has 0 aliphatic rings. The van der Waals surface area contributed by atoms with Crippen LogP contribution in [0.1, 0.15) is 65.4 Å². The molecule has 2 aromatic heterocycles. The van der Waals surface area contributed by atoms with Crippen LogP contribution in [0.25, 0.3) is 38.4 Å². The van der Waals surface area contributed by atoms with Gasteiger partial charge in [0.25, 0.3) is 5.56 Å². The van der Waals surface area contributed by atoms with Crippen molar-refractivity contribution in [1.82, 2.24) is 14.1 Å². The van der Waals surface area contributed by atoms with Gasteiger partial charge in [-0.2, -0.15) is 0 Å². The summed E-state index contributed by atoms with van der Waals surface area (Å²) in [6, 6.07) is 38.3. The van der Waals surface area contributed by atoms with Gasteiger partial charge in [-0.15, -0.1) is 0 Å². The molecule has 0 bridgehead atoms. The van der Waals surface area contributed by atoms with E-state index in [1.54, 1.807) is 4.57 Å². The van der Waals surface area contributed by atoms with Gasteiger partial charge < -0.3 is 9.47 Å².